The minimum Gasteiger partial charge on any atom is -0.507 e. The summed E-state index contributed by atoms with van der Waals surface area (Å²) in [6, 6.07) is 17.9. The molecule has 1 atom stereocenters. The SMILES string of the molecule is COc1ccc(NC(C)C(=O)NN=Cc2c(O)ccc3ccccc23)cc1. The molecule has 0 aromatic heterocycles. The average Bonchev–Trinajstić information content (AvgIpc) is 2.70. The van der Waals surface area contributed by atoms with Crippen LogP contribution in [0.5, 0.6) is 11.5 Å². The van der Waals surface area contributed by atoms with E-state index in [0.717, 1.165) is 22.2 Å². The zero-order chi connectivity index (χ0) is 19.2. The molecule has 0 radical (unpaired) electrons. The van der Waals surface area contributed by atoms with Crippen LogP contribution in [0.25, 0.3) is 10.8 Å². The van der Waals surface area contributed by atoms with Gasteiger partial charge in [0.15, 0.2) is 0 Å². The fourth-order valence-electron chi connectivity index (χ4n) is 2.68. The van der Waals surface area contributed by atoms with Crippen molar-refractivity contribution in [2.45, 2.75) is 13.0 Å². The number of rotatable bonds is 6. The molecule has 6 nitrogen and oxygen atoms in total. The lowest BCUT2D eigenvalue weighted by molar-refractivity contribution is -0.121. The summed E-state index contributed by atoms with van der Waals surface area (Å²) in [5.41, 5.74) is 3.86. The molecule has 6 heteroatoms. The van der Waals surface area contributed by atoms with Crippen molar-refractivity contribution in [2.75, 3.05) is 12.4 Å². The number of carbonyl (C=O) groups is 1. The van der Waals surface area contributed by atoms with E-state index in [0.29, 0.717) is 5.56 Å². The highest BCUT2D eigenvalue weighted by molar-refractivity contribution is 6.02. The number of amides is 1. The van der Waals surface area contributed by atoms with E-state index in [1.54, 1.807) is 20.1 Å². The summed E-state index contributed by atoms with van der Waals surface area (Å²) in [5, 5.41) is 19.0. The van der Waals surface area contributed by atoms with Crippen LogP contribution in [0.1, 0.15) is 12.5 Å². The molecule has 27 heavy (non-hydrogen) atoms. The van der Waals surface area contributed by atoms with E-state index in [1.165, 1.54) is 6.21 Å². The van der Waals surface area contributed by atoms with E-state index in [1.807, 2.05) is 54.6 Å². The van der Waals surface area contributed by atoms with Crippen molar-refractivity contribution < 1.29 is 14.6 Å². The Morgan fingerprint density at radius 3 is 2.59 bits per heavy atom. The molecule has 0 saturated heterocycles. The molecule has 0 heterocycles. The number of fused-ring (bicyclic) bond motifs is 1. The molecule has 3 aromatic carbocycles. The monoisotopic (exact) mass is 363 g/mol. The molecule has 0 bridgehead atoms. The second kappa shape index (κ2) is 8.23. The number of methoxy groups -OCH3 is 1. The Morgan fingerprint density at radius 1 is 1.11 bits per heavy atom. The van der Waals surface area contributed by atoms with E-state index in [2.05, 4.69) is 15.8 Å². The first-order valence-corrected chi connectivity index (χ1v) is 8.52. The van der Waals surface area contributed by atoms with Crippen LogP contribution in [0.4, 0.5) is 5.69 Å². The van der Waals surface area contributed by atoms with Crippen LogP contribution < -0.4 is 15.5 Å². The Balaban J connectivity index is 1.65. The van der Waals surface area contributed by atoms with Gasteiger partial charge in [-0.2, -0.15) is 5.10 Å². The predicted octanol–water partition coefficient (Wildman–Crippen LogP) is 3.50. The van der Waals surface area contributed by atoms with Gasteiger partial charge in [-0.3, -0.25) is 4.79 Å². The minimum atomic E-state index is -0.489. The van der Waals surface area contributed by atoms with Gasteiger partial charge in [-0.05, 0) is 48.0 Å². The third kappa shape index (κ3) is 4.36. The van der Waals surface area contributed by atoms with Crippen molar-refractivity contribution in [1.29, 1.82) is 0 Å². The number of benzene rings is 3. The normalized spacial score (nSPS) is 12.1. The number of ether oxygens (including phenoxy) is 1. The summed E-state index contributed by atoms with van der Waals surface area (Å²) >= 11 is 0. The number of hydrogen-bond donors (Lipinski definition) is 3. The quantitative estimate of drug-likeness (QED) is 0.462. The summed E-state index contributed by atoms with van der Waals surface area (Å²) in [6.07, 6.45) is 1.45. The minimum absolute atomic E-state index is 0.108. The first kappa shape index (κ1) is 18.3. The largest absolute Gasteiger partial charge is 0.507 e. The van der Waals surface area contributed by atoms with Gasteiger partial charge >= 0.3 is 0 Å². The summed E-state index contributed by atoms with van der Waals surface area (Å²) in [7, 11) is 1.60. The second-order valence-electron chi connectivity index (χ2n) is 6.05. The molecule has 0 saturated carbocycles. The maximum atomic E-state index is 12.2. The molecule has 1 amide bonds. The number of phenols is 1. The van der Waals surface area contributed by atoms with Crippen molar-refractivity contribution in [1.82, 2.24) is 5.43 Å². The first-order valence-electron chi connectivity index (χ1n) is 8.52. The number of aromatic hydroxyl groups is 1. The highest BCUT2D eigenvalue weighted by Crippen LogP contribution is 2.25. The Kier molecular flexibility index (Phi) is 5.56. The van der Waals surface area contributed by atoms with Crippen molar-refractivity contribution in [3.05, 3.63) is 66.2 Å². The molecule has 3 rings (SSSR count). The average molecular weight is 363 g/mol. The van der Waals surface area contributed by atoms with Gasteiger partial charge in [0, 0.05) is 11.3 Å². The summed E-state index contributed by atoms with van der Waals surface area (Å²) in [6.45, 7) is 1.74. The van der Waals surface area contributed by atoms with Gasteiger partial charge in [0.1, 0.15) is 17.5 Å². The first-order chi connectivity index (χ1) is 13.1. The maximum absolute atomic E-state index is 12.2. The zero-order valence-corrected chi connectivity index (χ0v) is 15.1. The number of phenolic OH excluding ortho intramolecular Hbond substituents is 1. The lowest BCUT2D eigenvalue weighted by atomic mass is 10.0. The van der Waals surface area contributed by atoms with Gasteiger partial charge in [-0.1, -0.05) is 30.3 Å². The van der Waals surface area contributed by atoms with Crippen molar-refractivity contribution in [3.8, 4) is 11.5 Å². The van der Waals surface area contributed by atoms with Crippen LogP contribution >= 0.6 is 0 Å². The van der Waals surface area contributed by atoms with Crippen molar-refractivity contribution in [2.24, 2.45) is 5.10 Å². The van der Waals surface area contributed by atoms with Crippen LogP contribution in [0, 0.1) is 0 Å². The predicted molar refractivity (Wildman–Crippen MR) is 107 cm³/mol. The number of hydrogen-bond acceptors (Lipinski definition) is 5. The van der Waals surface area contributed by atoms with Gasteiger partial charge in [0.05, 0.1) is 13.3 Å². The number of nitrogens with zero attached hydrogens (tertiary/aromatic N) is 1. The summed E-state index contributed by atoms with van der Waals surface area (Å²) < 4.78 is 5.11. The molecular weight excluding hydrogens is 342 g/mol. The number of nitrogens with one attached hydrogen (secondary N) is 2. The van der Waals surface area contributed by atoms with E-state index in [9.17, 15) is 9.90 Å². The fraction of sp³-hybridized carbons (Fsp3) is 0.143. The van der Waals surface area contributed by atoms with Crippen LogP contribution in [0.2, 0.25) is 0 Å². The molecule has 0 fully saturated rings. The molecule has 1 unspecified atom stereocenters. The van der Waals surface area contributed by atoms with E-state index >= 15 is 0 Å². The Morgan fingerprint density at radius 2 is 1.85 bits per heavy atom. The van der Waals surface area contributed by atoms with Gasteiger partial charge in [-0.25, -0.2) is 5.43 Å². The van der Waals surface area contributed by atoms with E-state index in [4.69, 9.17) is 4.74 Å². The number of carbonyl (C=O) groups excluding carboxylic acids is 1. The summed E-state index contributed by atoms with van der Waals surface area (Å²) in [4.78, 5) is 12.2. The third-order valence-electron chi connectivity index (χ3n) is 4.18. The van der Waals surface area contributed by atoms with Crippen LogP contribution in [0.3, 0.4) is 0 Å². The third-order valence-corrected chi connectivity index (χ3v) is 4.18. The molecule has 0 spiro atoms. The van der Waals surface area contributed by atoms with Gasteiger partial charge in [0.25, 0.3) is 5.91 Å². The number of hydrazone groups is 1. The second-order valence-corrected chi connectivity index (χ2v) is 6.05. The topological polar surface area (TPSA) is 83.0 Å². The molecule has 3 aromatic rings. The zero-order valence-electron chi connectivity index (χ0n) is 15.1. The molecule has 0 aliphatic heterocycles. The van der Waals surface area contributed by atoms with Crippen molar-refractivity contribution >= 4 is 28.6 Å². The Hall–Kier alpha value is -3.54. The van der Waals surface area contributed by atoms with Crippen LogP contribution in [-0.2, 0) is 4.79 Å². The van der Waals surface area contributed by atoms with E-state index in [-0.39, 0.29) is 11.7 Å². The molecular formula is C21H21N3O3. The molecule has 138 valence electrons. The Bertz CT molecular complexity index is 968. The lowest BCUT2D eigenvalue weighted by Gasteiger charge is -2.13. The van der Waals surface area contributed by atoms with Gasteiger partial charge < -0.3 is 15.2 Å². The standard InChI is InChI=1S/C21H21N3O3/c1-14(23-16-8-10-17(27-2)11-9-16)21(26)24-22-13-19-18-6-4-3-5-15(18)7-12-20(19)25/h3-14,23,25H,1-2H3,(H,24,26). The number of anilines is 1. The maximum Gasteiger partial charge on any atom is 0.262 e. The van der Waals surface area contributed by atoms with Crippen molar-refractivity contribution in [3.63, 3.8) is 0 Å². The highest BCUT2D eigenvalue weighted by Gasteiger charge is 2.12. The lowest BCUT2D eigenvalue weighted by Crippen LogP contribution is -2.34. The summed E-state index contributed by atoms with van der Waals surface area (Å²) in [5.74, 6) is 0.565. The fourth-order valence-corrected chi connectivity index (χ4v) is 2.68. The van der Waals surface area contributed by atoms with Gasteiger partial charge in [0.2, 0.25) is 0 Å². The van der Waals surface area contributed by atoms with E-state index < -0.39 is 6.04 Å². The van der Waals surface area contributed by atoms with Crippen LogP contribution in [0.15, 0.2) is 65.8 Å². The Labute approximate surface area is 157 Å². The van der Waals surface area contributed by atoms with Crippen LogP contribution in [-0.4, -0.2) is 30.4 Å². The molecule has 3 N–H and O–H groups in total. The smallest absolute Gasteiger partial charge is 0.262 e. The highest BCUT2D eigenvalue weighted by atomic mass is 16.5. The molecule has 0 aliphatic carbocycles. The molecule has 0 aliphatic rings. The van der Waals surface area contributed by atoms with Gasteiger partial charge in [-0.15, -0.1) is 0 Å².